The number of nitrogens with zero attached hydrogens (tertiary/aromatic N) is 3. The summed E-state index contributed by atoms with van der Waals surface area (Å²) in [5, 5.41) is 16.8. The van der Waals surface area contributed by atoms with Gasteiger partial charge in [0.05, 0.1) is 6.10 Å². The average molecular weight is 212 g/mol. The number of carbonyl (C=O) groups excluding carboxylic acids is 1. The number of aromatic nitrogens is 2. The van der Waals surface area contributed by atoms with Crippen molar-refractivity contribution in [3.05, 3.63) is 10.5 Å². The van der Waals surface area contributed by atoms with Gasteiger partial charge in [0.25, 0.3) is 5.91 Å². The predicted molar refractivity (Wildman–Crippen MR) is 49.9 cm³/mol. The maximum Gasteiger partial charge on any atom is 0.284 e. The third kappa shape index (κ3) is 1.91. The molecule has 1 aliphatic rings. The lowest BCUT2D eigenvalue weighted by atomic mass is 10.1. The highest BCUT2D eigenvalue weighted by atomic mass is 32.1. The molecule has 1 radical (unpaired) electrons. The summed E-state index contributed by atoms with van der Waals surface area (Å²) < 4.78 is 0. The molecular formula is C8H10N3O2S. The largest absolute Gasteiger partial charge is 0.393 e. The summed E-state index contributed by atoms with van der Waals surface area (Å²) in [5.41, 5.74) is 2.54. The van der Waals surface area contributed by atoms with Gasteiger partial charge in [-0.1, -0.05) is 11.3 Å². The Hall–Kier alpha value is -1.01. The zero-order valence-electron chi connectivity index (χ0n) is 7.51. The van der Waals surface area contributed by atoms with E-state index in [1.165, 1.54) is 0 Å². The third-order valence-electron chi connectivity index (χ3n) is 2.26. The molecule has 2 rings (SSSR count). The molecule has 1 amide bonds. The van der Waals surface area contributed by atoms with Crippen LogP contribution in [0.25, 0.3) is 0 Å². The van der Waals surface area contributed by atoms with Crippen LogP contribution in [0, 0.1) is 5.51 Å². The van der Waals surface area contributed by atoms with Crippen LogP contribution >= 0.6 is 11.3 Å². The first-order chi connectivity index (χ1) is 6.77. The van der Waals surface area contributed by atoms with Crippen LogP contribution in [0.4, 0.5) is 0 Å². The van der Waals surface area contributed by atoms with Gasteiger partial charge in [0.2, 0.25) is 5.01 Å². The fourth-order valence-corrected chi connectivity index (χ4v) is 1.91. The number of likely N-dealkylation sites (tertiary alicyclic amines) is 1. The van der Waals surface area contributed by atoms with Crippen molar-refractivity contribution >= 4 is 17.2 Å². The van der Waals surface area contributed by atoms with Crippen molar-refractivity contribution in [1.82, 2.24) is 15.1 Å². The molecule has 1 N–H and O–H groups in total. The molecule has 0 atom stereocenters. The lowest BCUT2D eigenvalue weighted by molar-refractivity contribution is 0.0545. The van der Waals surface area contributed by atoms with Crippen LogP contribution in [0.3, 0.4) is 0 Å². The van der Waals surface area contributed by atoms with Crippen LogP contribution in [0.1, 0.15) is 22.6 Å². The number of piperidine rings is 1. The van der Waals surface area contributed by atoms with Crippen molar-refractivity contribution < 1.29 is 9.90 Å². The highest BCUT2D eigenvalue weighted by molar-refractivity contribution is 7.10. The fraction of sp³-hybridized carbons (Fsp3) is 0.625. The van der Waals surface area contributed by atoms with Crippen LogP contribution in [-0.4, -0.2) is 45.3 Å². The van der Waals surface area contributed by atoms with E-state index in [1.807, 2.05) is 0 Å². The quantitative estimate of drug-likeness (QED) is 0.708. The van der Waals surface area contributed by atoms with Crippen LogP contribution in [-0.2, 0) is 0 Å². The number of amides is 1. The number of hydrogen-bond acceptors (Lipinski definition) is 5. The lowest BCUT2D eigenvalue weighted by Crippen LogP contribution is -2.40. The highest BCUT2D eigenvalue weighted by Gasteiger charge is 2.23. The number of hydrogen-bond donors (Lipinski definition) is 1. The van der Waals surface area contributed by atoms with E-state index in [2.05, 4.69) is 15.7 Å². The van der Waals surface area contributed by atoms with E-state index in [-0.39, 0.29) is 12.0 Å². The van der Waals surface area contributed by atoms with Crippen molar-refractivity contribution in [3.63, 3.8) is 0 Å². The molecule has 0 spiro atoms. The molecule has 1 saturated heterocycles. The van der Waals surface area contributed by atoms with Crippen LogP contribution in [0.5, 0.6) is 0 Å². The summed E-state index contributed by atoms with van der Waals surface area (Å²) in [6.07, 6.45) is 1.03. The normalized spacial score (nSPS) is 18.5. The third-order valence-corrected chi connectivity index (χ3v) is 2.88. The second-order valence-corrected chi connectivity index (χ2v) is 4.00. The number of aliphatic hydroxyl groups is 1. The van der Waals surface area contributed by atoms with Crippen LogP contribution in [0.15, 0.2) is 0 Å². The van der Waals surface area contributed by atoms with Gasteiger partial charge in [-0.25, -0.2) is 0 Å². The van der Waals surface area contributed by atoms with E-state index in [9.17, 15) is 9.90 Å². The fourth-order valence-electron chi connectivity index (χ4n) is 1.44. The van der Waals surface area contributed by atoms with Gasteiger partial charge in [-0.15, -0.1) is 10.2 Å². The summed E-state index contributed by atoms with van der Waals surface area (Å²) >= 11 is 1.12. The zero-order chi connectivity index (χ0) is 9.97. The van der Waals surface area contributed by atoms with E-state index in [1.54, 1.807) is 4.90 Å². The van der Waals surface area contributed by atoms with Crippen molar-refractivity contribution in [2.75, 3.05) is 13.1 Å². The molecule has 1 fully saturated rings. The zero-order valence-corrected chi connectivity index (χ0v) is 8.33. The molecule has 0 saturated carbocycles. The van der Waals surface area contributed by atoms with Gasteiger partial charge in [-0.2, -0.15) is 0 Å². The van der Waals surface area contributed by atoms with E-state index < -0.39 is 0 Å². The van der Waals surface area contributed by atoms with Crippen molar-refractivity contribution in [2.45, 2.75) is 18.9 Å². The minimum absolute atomic E-state index is 0.101. The minimum atomic E-state index is -0.264. The van der Waals surface area contributed by atoms with Gasteiger partial charge in [0.1, 0.15) is 0 Å². The maximum atomic E-state index is 11.7. The molecule has 75 valence electrons. The Morgan fingerprint density at radius 3 is 2.86 bits per heavy atom. The van der Waals surface area contributed by atoms with E-state index in [4.69, 9.17) is 0 Å². The van der Waals surface area contributed by atoms with Crippen LogP contribution in [0.2, 0.25) is 0 Å². The first-order valence-corrected chi connectivity index (χ1v) is 5.26. The Kier molecular flexibility index (Phi) is 2.74. The van der Waals surface area contributed by atoms with Gasteiger partial charge in [0.15, 0.2) is 5.51 Å². The van der Waals surface area contributed by atoms with Crippen LogP contribution < -0.4 is 0 Å². The van der Waals surface area contributed by atoms with E-state index in [0.717, 1.165) is 11.3 Å². The molecule has 0 bridgehead atoms. The lowest BCUT2D eigenvalue weighted by Gasteiger charge is -2.28. The monoisotopic (exact) mass is 212 g/mol. The van der Waals surface area contributed by atoms with Gasteiger partial charge < -0.3 is 10.0 Å². The molecule has 1 aromatic rings. The van der Waals surface area contributed by atoms with Gasteiger partial charge in [-0.3, -0.25) is 4.79 Å². The summed E-state index contributed by atoms with van der Waals surface area (Å²) in [7, 11) is 0. The maximum absolute atomic E-state index is 11.7. The predicted octanol–water partition coefficient (Wildman–Crippen LogP) is -0.0648. The highest BCUT2D eigenvalue weighted by Crippen LogP contribution is 2.13. The summed E-state index contributed by atoms with van der Waals surface area (Å²) in [5.74, 6) is -0.101. The SMILES string of the molecule is O=C(c1nn[c]s1)N1CCC(O)CC1. The summed E-state index contributed by atoms with van der Waals surface area (Å²) in [6, 6.07) is 0. The molecule has 5 nitrogen and oxygen atoms in total. The Bertz CT molecular complexity index is 306. The number of aliphatic hydroxyl groups excluding tert-OH is 1. The standard InChI is InChI=1S/C8H10N3O2S/c12-6-1-3-11(4-2-6)8(13)7-10-9-5-14-7/h6,12H,1-4H2. The van der Waals surface area contributed by atoms with Crippen molar-refractivity contribution in [1.29, 1.82) is 0 Å². The first kappa shape index (κ1) is 9.54. The number of carbonyl (C=O) groups is 1. The summed E-state index contributed by atoms with van der Waals surface area (Å²) in [6.45, 7) is 1.19. The van der Waals surface area contributed by atoms with Gasteiger partial charge in [0, 0.05) is 13.1 Å². The second kappa shape index (κ2) is 4.02. The second-order valence-electron chi connectivity index (χ2n) is 3.22. The number of rotatable bonds is 1. The molecule has 14 heavy (non-hydrogen) atoms. The minimum Gasteiger partial charge on any atom is -0.393 e. The van der Waals surface area contributed by atoms with Crippen molar-refractivity contribution in [3.8, 4) is 0 Å². The Labute approximate surface area is 85.4 Å². The Balaban J connectivity index is 1.99. The first-order valence-electron chi connectivity index (χ1n) is 4.44. The van der Waals surface area contributed by atoms with Crippen molar-refractivity contribution in [2.24, 2.45) is 0 Å². The molecule has 1 aliphatic heterocycles. The molecule has 1 aromatic heterocycles. The molecule has 0 aliphatic carbocycles. The smallest absolute Gasteiger partial charge is 0.284 e. The Morgan fingerprint density at radius 2 is 2.29 bits per heavy atom. The summed E-state index contributed by atoms with van der Waals surface area (Å²) in [4.78, 5) is 13.4. The van der Waals surface area contributed by atoms with Gasteiger partial charge >= 0.3 is 0 Å². The topological polar surface area (TPSA) is 66.3 Å². The average Bonchev–Trinajstić information content (AvgIpc) is 2.71. The van der Waals surface area contributed by atoms with E-state index >= 15 is 0 Å². The van der Waals surface area contributed by atoms with Gasteiger partial charge in [-0.05, 0) is 12.8 Å². The molecule has 2 heterocycles. The van der Waals surface area contributed by atoms with E-state index in [0.29, 0.717) is 30.9 Å². The molecule has 0 unspecified atom stereocenters. The Morgan fingerprint density at radius 1 is 1.57 bits per heavy atom. The molecule has 6 heteroatoms. The molecular weight excluding hydrogens is 202 g/mol. The molecule has 0 aromatic carbocycles.